The molecule has 0 saturated carbocycles. The van der Waals surface area contributed by atoms with Gasteiger partial charge in [0.2, 0.25) is 5.95 Å². The Labute approximate surface area is 231 Å². The Morgan fingerprint density at radius 1 is 1.21 bits per heavy atom. The number of rotatable bonds is 7. The summed E-state index contributed by atoms with van der Waals surface area (Å²) in [5.74, 6) is 5.16. The smallest absolute Gasteiger partial charge is 0.229 e. The number of nitrogens with one attached hydrogen (secondary N) is 2. The van der Waals surface area contributed by atoms with Gasteiger partial charge in [-0.1, -0.05) is 50.9 Å². The summed E-state index contributed by atoms with van der Waals surface area (Å²) in [5, 5.41) is 16.3. The van der Waals surface area contributed by atoms with Crippen molar-refractivity contribution in [2.45, 2.75) is 38.5 Å². The first kappa shape index (κ1) is 29.2. The zero-order valence-electron chi connectivity index (χ0n) is 22.7. The third-order valence-electron chi connectivity index (χ3n) is 5.98. The highest BCUT2D eigenvalue weighted by Gasteiger charge is 2.20. The lowest BCUT2D eigenvalue weighted by Crippen LogP contribution is -2.22. The quantitative estimate of drug-likeness (QED) is 0.331. The largest absolute Gasteiger partial charge is 0.371 e. The van der Waals surface area contributed by atoms with Gasteiger partial charge in [-0.05, 0) is 62.6 Å². The van der Waals surface area contributed by atoms with E-state index in [0.29, 0.717) is 38.6 Å². The minimum Gasteiger partial charge on any atom is -0.371 e. The molecule has 0 spiro atoms. The Hall–Kier alpha value is -3.32. The van der Waals surface area contributed by atoms with Crippen molar-refractivity contribution >= 4 is 56.0 Å². The highest BCUT2D eigenvalue weighted by atomic mass is 35.5. The van der Waals surface area contributed by atoms with Crippen LogP contribution in [0.1, 0.15) is 39.2 Å². The molecule has 0 amide bonds. The second-order valence-electron chi connectivity index (χ2n) is 9.48. The number of halogens is 1. The van der Waals surface area contributed by atoms with Crippen LogP contribution in [0.5, 0.6) is 0 Å². The minimum absolute atomic E-state index is 0.274. The van der Waals surface area contributed by atoms with Crippen LogP contribution < -0.4 is 15.5 Å². The molecule has 1 aliphatic heterocycles. The highest BCUT2D eigenvalue weighted by molar-refractivity contribution is 7.98. The Morgan fingerprint density at radius 3 is 2.55 bits per heavy atom. The van der Waals surface area contributed by atoms with E-state index in [4.69, 9.17) is 11.6 Å². The van der Waals surface area contributed by atoms with E-state index in [9.17, 15) is 9.47 Å². The first-order valence-corrected chi connectivity index (χ1v) is 14.7. The predicted octanol–water partition coefficient (Wildman–Crippen LogP) is 6.30. The zero-order valence-corrected chi connectivity index (χ0v) is 24.2. The van der Waals surface area contributed by atoms with Crippen molar-refractivity contribution in [1.29, 1.82) is 5.26 Å². The number of hydrogen-bond acceptors (Lipinski definition) is 7. The van der Waals surface area contributed by atoms with E-state index in [-0.39, 0.29) is 5.95 Å². The van der Waals surface area contributed by atoms with Crippen molar-refractivity contribution in [2.24, 2.45) is 5.92 Å². The molecule has 0 bridgehead atoms. The number of para-hydroxylation sites is 1. The third-order valence-corrected chi connectivity index (χ3v) is 8.48. The van der Waals surface area contributed by atoms with Crippen molar-refractivity contribution in [2.75, 3.05) is 42.7 Å². The maximum absolute atomic E-state index is 13.2. The number of anilines is 5. The van der Waals surface area contributed by atoms with Gasteiger partial charge in [0.25, 0.3) is 0 Å². The van der Waals surface area contributed by atoms with Crippen LogP contribution in [0, 0.1) is 17.2 Å². The van der Waals surface area contributed by atoms with Crippen molar-refractivity contribution in [3.63, 3.8) is 0 Å². The third kappa shape index (κ3) is 6.95. The average Bonchev–Trinajstić information content (AvgIpc) is 3.33. The van der Waals surface area contributed by atoms with Crippen LogP contribution in [0.3, 0.4) is 0 Å². The van der Waals surface area contributed by atoms with E-state index in [0.717, 1.165) is 25.2 Å². The molecule has 3 aromatic rings. The second kappa shape index (κ2) is 13.0. The number of hydrogen-bond donors (Lipinski definition) is 2. The summed E-state index contributed by atoms with van der Waals surface area (Å²) in [7, 11) is 0.739. The Morgan fingerprint density at radius 2 is 1.92 bits per heavy atom. The summed E-state index contributed by atoms with van der Waals surface area (Å²) >= 11 is 6.37. The second-order valence-corrected chi connectivity index (χ2v) is 12.3. The standard InChI is InChI=1S/C25H28ClN7OS.C3H8/c1-17-11-12-33(16-17)19-9-10-21(18(13-19)14-27)30-25-28-15-20(26)24(31-25)29-22-7-5-6-8-23(22)35(4,34)32(2)3;1-3-2/h5-10,13,15,17H,4,11-12,16H2,1-3H3,(H2,28,29,30,31);3H2,1-2H3. The Bertz CT molecular complexity index is 1400. The van der Waals surface area contributed by atoms with Gasteiger partial charge in [-0.2, -0.15) is 10.2 Å². The first-order chi connectivity index (χ1) is 18.1. The molecule has 2 unspecified atom stereocenters. The summed E-state index contributed by atoms with van der Waals surface area (Å²) in [6, 6.07) is 15.2. The van der Waals surface area contributed by atoms with Crippen molar-refractivity contribution in [3.8, 4) is 6.07 Å². The van der Waals surface area contributed by atoms with Crippen LogP contribution in [-0.4, -0.2) is 51.5 Å². The summed E-state index contributed by atoms with van der Waals surface area (Å²) in [5.41, 5.74) is 2.72. The van der Waals surface area contributed by atoms with Gasteiger partial charge in [-0.3, -0.25) is 0 Å². The van der Waals surface area contributed by atoms with Gasteiger partial charge in [0.05, 0.1) is 37.7 Å². The molecule has 38 heavy (non-hydrogen) atoms. The fourth-order valence-corrected chi connectivity index (χ4v) is 5.19. The van der Waals surface area contributed by atoms with Crippen LogP contribution in [0.15, 0.2) is 53.6 Å². The molecule has 1 aliphatic rings. The molecule has 2 N–H and O–H groups in total. The maximum atomic E-state index is 13.2. The van der Waals surface area contributed by atoms with Crippen molar-refractivity contribution < 1.29 is 4.21 Å². The van der Waals surface area contributed by atoms with Crippen LogP contribution in [0.25, 0.3) is 0 Å². The molecule has 2 heterocycles. The fraction of sp³-hybridized carbons (Fsp3) is 0.357. The molecule has 10 heteroatoms. The van der Waals surface area contributed by atoms with Gasteiger partial charge in [0.1, 0.15) is 11.1 Å². The first-order valence-electron chi connectivity index (χ1n) is 12.6. The normalized spacial score (nSPS) is 16.3. The molecule has 1 saturated heterocycles. The van der Waals surface area contributed by atoms with Gasteiger partial charge < -0.3 is 15.5 Å². The van der Waals surface area contributed by atoms with E-state index in [1.165, 1.54) is 12.6 Å². The molecule has 4 rings (SSSR count). The zero-order chi connectivity index (χ0) is 27.9. The number of benzene rings is 2. The molecule has 1 aromatic heterocycles. The molecule has 0 aliphatic carbocycles. The number of nitrogens with zero attached hydrogens (tertiary/aromatic N) is 5. The van der Waals surface area contributed by atoms with E-state index >= 15 is 0 Å². The lowest BCUT2D eigenvalue weighted by molar-refractivity contribution is 0.599. The minimum atomic E-state index is -2.69. The molecular formula is C28H36ClN7OS. The Kier molecular flexibility index (Phi) is 9.97. The number of nitriles is 1. The van der Waals surface area contributed by atoms with Gasteiger partial charge in [0, 0.05) is 18.8 Å². The average molecular weight is 554 g/mol. The lowest BCUT2D eigenvalue weighted by Gasteiger charge is -2.21. The maximum Gasteiger partial charge on any atom is 0.229 e. The lowest BCUT2D eigenvalue weighted by atomic mass is 10.1. The topological polar surface area (TPSA) is 97.2 Å². The van der Waals surface area contributed by atoms with E-state index < -0.39 is 9.71 Å². The molecule has 8 nitrogen and oxygen atoms in total. The van der Waals surface area contributed by atoms with E-state index in [2.05, 4.69) is 58.2 Å². The molecule has 202 valence electrons. The highest BCUT2D eigenvalue weighted by Crippen LogP contribution is 2.31. The van der Waals surface area contributed by atoms with Gasteiger partial charge in [0.15, 0.2) is 5.82 Å². The Balaban J connectivity index is 0.00000127. The SMILES string of the molecule is C=S(=O)(c1ccccc1Nc1nc(Nc2ccc(N3CCC(C)C3)cc2C#N)ncc1Cl)N(C)C.CCC. The van der Waals surface area contributed by atoms with Crippen LogP contribution in [0.4, 0.5) is 28.8 Å². The monoisotopic (exact) mass is 553 g/mol. The molecule has 0 radical (unpaired) electrons. The fourth-order valence-electron chi connectivity index (χ4n) is 3.91. The van der Waals surface area contributed by atoms with E-state index in [1.807, 2.05) is 24.3 Å². The predicted molar refractivity (Wildman–Crippen MR) is 160 cm³/mol. The summed E-state index contributed by atoms with van der Waals surface area (Å²) < 4.78 is 14.7. The van der Waals surface area contributed by atoms with Crippen molar-refractivity contribution in [1.82, 2.24) is 14.3 Å². The van der Waals surface area contributed by atoms with Gasteiger partial charge in [-0.15, -0.1) is 0 Å². The summed E-state index contributed by atoms with van der Waals surface area (Å²) in [6.45, 7) is 8.46. The van der Waals surface area contributed by atoms with Gasteiger partial charge >= 0.3 is 0 Å². The van der Waals surface area contributed by atoms with Crippen LogP contribution in [0.2, 0.25) is 5.02 Å². The molecule has 2 aromatic carbocycles. The van der Waals surface area contributed by atoms with E-state index in [1.54, 1.807) is 36.6 Å². The van der Waals surface area contributed by atoms with Crippen molar-refractivity contribution in [3.05, 3.63) is 59.2 Å². The van der Waals surface area contributed by atoms with Crippen LogP contribution >= 0.6 is 11.6 Å². The molecule has 1 fully saturated rings. The molecule has 2 atom stereocenters. The summed E-state index contributed by atoms with van der Waals surface area (Å²) in [6.07, 6.45) is 3.87. The van der Waals surface area contributed by atoms with Gasteiger partial charge in [-0.25, -0.2) is 13.5 Å². The summed E-state index contributed by atoms with van der Waals surface area (Å²) in [4.78, 5) is 11.6. The van der Waals surface area contributed by atoms with Crippen LogP contribution in [-0.2, 0) is 9.71 Å². The molecular weight excluding hydrogens is 518 g/mol. The number of aromatic nitrogens is 2.